The number of nitrogens with zero attached hydrogens (tertiary/aromatic N) is 3. The minimum absolute atomic E-state index is 0.0903. The summed E-state index contributed by atoms with van der Waals surface area (Å²) in [5.74, 6) is 0.859. The molecule has 0 fully saturated rings. The maximum absolute atomic E-state index is 11.6. The fourth-order valence-corrected chi connectivity index (χ4v) is 3.55. The molecule has 0 bridgehead atoms. The third-order valence-corrected chi connectivity index (χ3v) is 5.02. The molecule has 0 radical (unpaired) electrons. The van der Waals surface area contributed by atoms with Crippen molar-refractivity contribution < 1.29 is 14.3 Å². The van der Waals surface area contributed by atoms with Crippen LogP contribution in [0.25, 0.3) is 17.1 Å². The first kappa shape index (κ1) is 19.5. The number of rotatable bonds is 6. The second kappa shape index (κ2) is 8.65. The van der Waals surface area contributed by atoms with E-state index in [2.05, 4.69) is 10.2 Å². The molecule has 0 aliphatic heterocycles. The van der Waals surface area contributed by atoms with E-state index in [1.807, 2.05) is 12.1 Å². The van der Waals surface area contributed by atoms with E-state index in [0.29, 0.717) is 32.5 Å². The molecule has 6 nitrogen and oxygen atoms in total. The number of hydrogen-bond acceptors (Lipinski definition) is 6. The lowest BCUT2D eigenvalue weighted by Gasteiger charge is -2.14. The Morgan fingerprint density at radius 2 is 1.89 bits per heavy atom. The van der Waals surface area contributed by atoms with Crippen LogP contribution >= 0.6 is 35.0 Å². The van der Waals surface area contributed by atoms with Crippen LogP contribution in [0.4, 0.5) is 0 Å². The van der Waals surface area contributed by atoms with Crippen LogP contribution in [0.1, 0.15) is 0 Å². The Kier molecular flexibility index (Phi) is 6.26. The van der Waals surface area contributed by atoms with Gasteiger partial charge >= 0.3 is 5.97 Å². The van der Waals surface area contributed by atoms with Crippen LogP contribution in [0.3, 0.4) is 0 Å². The van der Waals surface area contributed by atoms with Gasteiger partial charge in [-0.05, 0) is 30.3 Å². The molecular weight excluding hydrogens is 409 g/mol. The van der Waals surface area contributed by atoms with Crippen molar-refractivity contribution in [3.63, 3.8) is 0 Å². The highest BCUT2D eigenvalue weighted by Gasteiger charge is 2.20. The van der Waals surface area contributed by atoms with Crippen molar-refractivity contribution in [3.8, 4) is 22.8 Å². The Bertz CT molecular complexity index is 978. The number of ether oxygens (including phenoxy) is 2. The van der Waals surface area contributed by atoms with Gasteiger partial charge < -0.3 is 9.47 Å². The third kappa shape index (κ3) is 4.37. The number of esters is 1. The Balaban J connectivity index is 2.17. The topological polar surface area (TPSA) is 66.2 Å². The fraction of sp³-hybridized carbons (Fsp3) is 0.167. The predicted octanol–water partition coefficient (Wildman–Crippen LogP) is 4.51. The summed E-state index contributed by atoms with van der Waals surface area (Å²) in [5.41, 5.74) is 1.42. The average molecular weight is 424 g/mol. The molecule has 0 saturated heterocycles. The van der Waals surface area contributed by atoms with Crippen molar-refractivity contribution in [3.05, 3.63) is 52.5 Å². The van der Waals surface area contributed by atoms with Crippen molar-refractivity contribution in [1.82, 2.24) is 14.8 Å². The first-order valence-electron chi connectivity index (χ1n) is 7.78. The van der Waals surface area contributed by atoms with E-state index in [9.17, 15) is 4.79 Å². The lowest BCUT2D eigenvalue weighted by molar-refractivity contribution is -0.137. The second-order valence-corrected chi connectivity index (χ2v) is 7.15. The van der Waals surface area contributed by atoms with Crippen LogP contribution in [0.5, 0.6) is 5.75 Å². The zero-order chi connectivity index (χ0) is 19.4. The zero-order valence-corrected chi connectivity index (χ0v) is 16.8. The van der Waals surface area contributed by atoms with Gasteiger partial charge in [0, 0.05) is 15.6 Å². The lowest BCUT2D eigenvalue weighted by atomic mass is 10.2. The summed E-state index contributed by atoms with van der Waals surface area (Å²) < 4.78 is 12.0. The molecule has 3 aromatic rings. The molecule has 3 rings (SSSR count). The van der Waals surface area contributed by atoms with Crippen molar-refractivity contribution in [2.75, 3.05) is 20.0 Å². The van der Waals surface area contributed by atoms with Crippen molar-refractivity contribution >= 4 is 40.9 Å². The summed E-state index contributed by atoms with van der Waals surface area (Å²) in [4.78, 5) is 11.6. The Morgan fingerprint density at radius 3 is 2.59 bits per heavy atom. The number of benzene rings is 2. The Morgan fingerprint density at radius 1 is 1.11 bits per heavy atom. The minimum atomic E-state index is -0.364. The van der Waals surface area contributed by atoms with Crippen LogP contribution in [-0.2, 0) is 9.53 Å². The summed E-state index contributed by atoms with van der Waals surface area (Å²) in [6.07, 6.45) is 0. The number of methoxy groups -OCH3 is 2. The molecule has 0 spiro atoms. The zero-order valence-electron chi connectivity index (χ0n) is 14.5. The number of hydrogen-bond donors (Lipinski definition) is 0. The second-order valence-electron chi connectivity index (χ2n) is 5.33. The molecule has 27 heavy (non-hydrogen) atoms. The van der Waals surface area contributed by atoms with Gasteiger partial charge in [-0.1, -0.05) is 47.1 Å². The van der Waals surface area contributed by atoms with Gasteiger partial charge in [-0.3, -0.25) is 9.36 Å². The SMILES string of the molecule is COC(=O)CSc1nnc(-c2cccc(Cl)c2)n1-c1cc(Cl)ccc1OC. The molecule has 140 valence electrons. The molecule has 0 aliphatic rings. The molecule has 0 aliphatic carbocycles. The number of carbonyl (C=O) groups is 1. The van der Waals surface area contributed by atoms with E-state index in [0.717, 1.165) is 5.56 Å². The van der Waals surface area contributed by atoms with Crippen LogP contribution in [0.15, 0.2) is 47.6 Å². The Hall–Kier alpha value is -2.22. The molecule has 9 heteroatoms. The summed E-state index contributed by atoms with van der Waals surface area (Å²) in [6.45, 7) is 0. The molecule has 1 heterocycles. The molecule has 0 N–H and O–H groups in total. The van der Waals surface area contributed by atoms with Gasteiger partial charge in [0.05, 0.1) is 25.7 Å². The smallest absolute Gasteiger partial charge is 0.316 e. The molecule has 2 aromatic carbocycles. The number of halogens is 2. The highest BCUT2D eigenvalue weighted by molar-refractivity contribution is 7.99. The maximum Gasteiger partial charge on any atom is 0.316 e. The van der Waals surface area contributed by atoms with E-state index >= 15 is 0 Å². The number of aromatic nitrogens is 3. The average Bonchev–Trinajstić information content (AvgIpc) is 3.09. The van der Waals surface area contributed by atoms with Gasteiger partial charge in [-0.2, -0.15) is 0 Å². The molecule has 0 unspecified atom stereocenters. The van der Waals surface area contributed by atoms with Crippen LogP contribution in [0.2, 0.25) is 10.0 Å². The summed E-state index contributed by atoms with van der Waals surface area (Å²) >= 11 is 13.5. The fourth-order valence-electron chi connectivity index (χ4n) is 2.42. The summed E-state index contributed by atoms with van der Waals surface area (Å²) in [5, 5.41) is 10.1. The number of thioether (sulfide) groups is 1. The third-order valence-electron chi connectivity index (χ3n) is 3.64. The summed E-state index contributed by atoms with van der Waals surface area (Å²) in [6, 6.07) is 12.5. The van der Waals surface area contributed by atoms with Crippen molar-refractivity contribution in [2.24, 2.45) is 0 Å². The first-order chi connectivity index (χ1) is 13.0. The van der Waals surface area contributed by atoms with Crippen LogP contribution in [0, 0.1) is 0 Å². The maximum atomic E-state index is 11.6. The predicted molar refractivity (Wildman–Crippen MR) is 106 cm³/mol. The highest BCUT2D eigenvalue weighted by Crippen LogP contribution is 2.34. The quantitative estimate of drug-likeness (QED) is 0.429. The van der Waals surface area contributed by atoms with E-state index in [1.54, 1.807) is 42.0 Å². The highest BCUT2D eigenvalue weighted by atomic mass is 35.5. The van der Waals surface area contributed by atoms with Gasteiger partial charge in [-0.25, -0.2) is 0 Å². The van der Waals surface area contributed by atoms with Gasteiger partial charge in [0.15, 0.2) is 11.0 Å². The molecule has 1 aromatic heterocycles. The summed E-state index contributed by atoms with van der Waals surface area (Å²) in [7, 11) is 2.91. The monoisotopic (exact) mass is 423 g/mol. The van der Waals surface area contributed by atoms with E-state index < -0.39 is 0 Å². The Labute approximate surface area is 170 Å². The lowest BCUT2D eigenvalue weighted by Crippen LogP contribution is -2.06. The molecular formula is C18H15Cl2N3O3S. The first-order valence-corrected chi connectivity index (χ1v) is 9.52. The van der Waals surface area contributed by atoms with Crippen molar-refractivity contribution in [1.29, 1.82) is 0 Å². The van der Waals surface area contributed by atoms with E-state index in [4.69, 9.17) is 32.7 Å². The largest absolute Gasteiger partial charge is 0.495 e. The van der Waals surface area contributed by atoms with Gasteiger partial charge in [-0.15, -0.1) is 10.2 Å². The molecule has 0 saturated carbocycles. The minimum Gasteiger partial charge on any atom is -0.495 e. The van der Waals surface area contributed by atoms with E-state index in [-0.39, 0.29) is 11.7 Å². The van der Waals surface area contributed by atoms with Gasteiger partial charge in [0.1, 0.15) is 5.75 Å². The normalized spacial score (nSPS) is 10.7. The van der Waals surface area contributed by atoms with Gasteiger partial charge in [0.2, 0.25) is 0 Å². The number of carbonyl (C=O) groups excluding carboxylic acids is 1. The van der Waals surface area contributed by atoms with Crippen LogP contribution < -0.4 is 4.74 Å². The standard InChI is InChI=1S/C18H15Cl2N3O3S/c1-25-15-7-6-13(20)9-14(15)23-17(11-4-3-5-12(19)8-11)21-22-18(23)27-10-16(24)26-2/h3-9H,10H2,1-2H3. The van der Waals surface area contributed by atoms with Crippen LogP contribution in [-0.4, -0.2) is 40.7 Å². The van der Waals surface area contributed by atoms with E-state index in [1.165, 1.54) is 18.9 Å². The van der Waals surface area contributed by atoms with Gasteiger partial charge in [0.25, 0.3) is 0 Å². The van der Waals surface area contributed by atoms with Crippen molar-refractivity contribution in [2.45, 2.75) is 5.16 Å². The molecule has 0 amide bonds. The molecule has 0 atom stereocenters.